The number of rotatable bonds is 22. The molecule has 0 bridgehead atoms. The highest BCUT2D eigenvalue weighted by Gasteiger charge is 2.31. The molecule has 4 saturated heterocycles. The summed E-state index contributed by atoms with van der Waals surface area (Å²) in [6.07, 6.45) is 38.2. The fourth-order valence-corrected chi connectivity index (χ4v) is 23.3. The third-order valence-corrected chi connectivity index (χ3v) is 32.3. The number of H-pyrrole nitrogens is 6. The number of amidine groups is 6. The number of benzene rings is 6. The van der Waals surface area contributed by atoms with Crippen LogP contribution >= 0.6 is 34.0 Å². The maximum Gasteiger partial charge on any atom is 0.168 e. The van der Waals surface area contributed by atoms with Gasteiger partial charge in [-0.2, -0.15) is 0 Å². The third kappa shape index (κ3) is 24.3. The Morgan fingerprint density at radius 1 is 0.349 bits per heavy atom. The Morgan fingerprint density at radius 2 is 0.692 bits per heavy atom. The molecule has 16 heterocycles. The molecule has 0 spiro atoms. The van der Waals surface area contributed by atoms with E-state index in [-0.39, 0.29) is 0 Å². The summed E-state index contributed by atoms with van der Waals surface area (Å²) in [5.41, 5.74) is 58.3. The Labute approximate surface area is 864 Å². The van der Waals surface area contributed by atoms with Crippen molar-refractivity contribution in [2.24, 2.45) is 64.4 Å². The lowest BCUT2D eigenvalue weighted by molar-refractivity contribution is 0.217. The van der Waals surface area contributed by atoms with Crippen LogP contribution in [0.4, 0.5) is 34.1 Å². The van der Waals surface area contributed by atoms with E-state index in [4.69, 9.17) is 47.7 Å². The van der Waals surface area contributed by atoms with E-state index in [1.807, 2.05) is 125 Å². The molecule has 24 rings (SSSR count). The SMILES string of the molecule is CN(C)C1CC=C(c2c[nH]c3ccc(N=C(N)c4cccs4)cc23)CC1.CN(C)C1CCC(c2c[nH]c3ccc(N=C(N)c4cccs4)cc23)CC1.CN1CCC(c2c[nH]c3ccc(N=C(N)c4ccco4)cc23)C1.CN1CCC(c2c[nH]c3ccc(N=C(N)c4cccs4)cc23)C1.CN1CCCC1Cc1c[nH]c2ccc(N=C(N)c3ccco3)cc12.CN1CCC[C@@H]1Cc1c[nH]c2ccc(N=C(N)c3ccco3)cc12. The fraction of sp³-hybridized carbons (Fsp3) is 0.310. The van der Waals surface area contributed by atoms with Crippen LogP contribution in [0, 0.1) is 0 Å². The summed E-state index contributed by atoms with van der Waals surface area (Å²) < 4.78 is 15.9. The highest BCUT2D eigenvalue weighted by molar-refractivity contribution is 7.12. The van der Waals surface area contributed by atoms with Crippen molar-refractivity contribution in [3.63, 3.8) is 0 Å². The third-order valence-electron chi connectivity index (χ3n) is 29.6. The number of nitrogens with zero attached hydrogens (tertiary/aromatic N) is 12. The van der Waals surface area contributed by atoms with E-state index < -0.39 is 0 Å². The molecule has 18 aromatic rings. The van der Waals surface area contributed by atoms with Crippen LogP contribution in [0.3, 0.4) is 0 Å². The summed E-state index contributed by atoms with van der Waals surface area (Å²) in [4.78, 5) is 65.1. The van der Waals surface area contributed by atoms with Gasteiger partial charge in [0, 0.05) is 145 Å². The first-order valence-electron chi connectivity index (χ1n) is 50.8. The van der Waals surface area contributed by atoms with E-state index in [0.717, 1.165) is 122 Å². The Hall–Kier alpha value is -14.2. The zero-order valence-corrected chi connectivity index (χ0v) is 86.9. The first-order valence-corrected chi connectivity index (χ1v) is 53.4. The fourth-order valence-electron chi connectivity index (χ4n) is 21.4. The molecule has 12 aromatic heterocycles. The molecular weight excluding hydrogens is 1870 g/mol. The highest BCUT2D eigenvalue weighted by Crippen LogP contribution is 2.43. The molecule has 146 heavy (non-hydrogen) atoms. The average molecular weight is 2010 g/mol. The molecule has 6 aliphatic rings. The largest absolute Gasteiger partial charge is 0.461 e. The number of likely N-dealkylation sites (N-methyl/N-ethyl adjacent to an activating group) is 4. The standard InChI is InChI=1S/C21H26N4S.C21H24N4S.2C19H22N4O.C18H20N4O.C18H20N4S/c2*1-25(2)16-8-5-14(6-9-16)18-13-23-19-10-7-15(12-17(18)19)24-21(22)20-4-3-11-26-20;2*1-23-8-2-4-15(23)10-13-12-21-17-7-6-14(11-16(13)17)22-19(20)18-5-3-9-24-18;2*1-22-7-6-12(11-22)15-10-20-16-5-4-13(9-14(15)16)21-18(19)17-3-2-8-23-17/h3-4,7,10-14,16,23H,5-6,8-9H2,1-2H3,(H2,22,24);3-5,7,10-13,16,23H,6,8-9H2,1-2H3,(H2,22,24);2*3,5-7,9,11-12,15,21H,2,4,8,10H2,1H3,(H2,20,22);2*2-5,8-10,12,20H,6-7,11H2,1H3,(H2,19,21)/t;;15-;;;/m..1.../s1. The van der Waals surface area contributed by atoms with E-state index >= 15 is 0 Å². The topological polar surface area (TPSA) is 384 Å². The molecular formula is C116H134N24O3S3. The Balaban J connectivity index is 0.000000111. The number of furan rings is 3. The van der Waals surface area contributed by atoms with Crippen LogP contribution < -0.4 is 34.4 Å². The highest BCUT2D eigenvalue weighted by atomic mass is 32.1. The molecule has 2 aliphatic carbocycles. The van der Waals surface area contributed by atoms with Gasteiger partial charge in [0.15, 0.2) is 34.8 Å². The van der Waals surface area contributed by atoms with Crippen LogP contribution in [0.25, 0.3) is 71.0 Å². The van der Waals surface area contributed by atoms with Gasteiger partial charge < -0.3 is 107 Å². The van der Waals surface area contributed by atoms with Gasteiger partial charge in [0.05, 0.1) is 67.5 Å². The number of aromatic amines is 6. The molecule has 4 aliphatic heterocycles. The van der Waals surface area contributed by atoms with Crippen molar-refractivity contribution >= 4 is 174 Å². The maximum atomic E-state index is 6.16. The monoisotopic (exact) mass is 2010 g/mol. The lowest BCUT2D eigenvalue weighted by Crippen LogP contribution is -2.31. The van der Waals surface area contributed by atoms with Gasteiger partial charge in [-0.25, -0.2) is 30.0 Å². The zero-order valence-electron chi connectivity index (χ0n) is 84.5. The molecule has 0 radical (unpaired) electrons. The number of allylic oxidation sites excluding steroid dienone is 1. The van der Waals surface area contributed by atoms with Crippen LogP contribution in [0.2, 0.25) is 0 Å². The van der Waals surface area contributed by atoms with Gasteiger partial charge in [-0.3, -0.25) is 0 Å². The summed E-state index contributed by atoms with van der Waals surface area (Å²) in [6, 6.07) is 62.7. The van der Waals surface area contributed by atoms with Crippen LogP contribution in [-0.2, 0) is 12.8 Å². The molecule has 0 amide bonds. The Kier molecular flexibility index (Phi) is 32.0. The van der Waals surface area contributed by atoms with Gasteiger partial charge in [0.1, 0.15) is 17.5 Å². The van der Waals surface area contributed by atoms with Gasteiger partial charge in [-0.1, -0.05) is 24.3 Å². The number of nitrogens with one attached hydrogen (secondary N) is 6. The van der Waals surface area contributed by atoms with Crippen molar-refractivity contribution in [1.29, 1.82) is 0 Å². The number of likely N-dealkylation sites (tertiary alicyclic amines) is 4. The van der Waals surface area contributed by atoms with Gasteiger partial charge in [-0.15, -0.1) is 34.0 Å². The normalized spacial score (nSPS) is 19.7. The predicted molar refractivity (Wildman–Crippen MR) is 608 cm³/mol. The van der Waals surface area contributed by atoms with Crippen LogP contribution in [0.15, 0.2) is 303 Å². The lowest BCUT2D eigenvalue weighted by Gasteiger charge is -2.32. The van der Waals surface area contributed by atoms with Gasteiger partial charge >= 0.3 is 0 Å². The zero-order chi connectivity index (χ0) is 101. The van der Waals surface area contributed by atoms with E-state index in [2.05, 4.69) is 262 Å². The van der Waals surface area contributed by atoms with Crippen LogP contribution in [0.1, 0.15) is 167 Å². The number of fused-ring (bicyclic) bond motifs is 6. The number of hydrogen-bond acceptors (Lipinski definition) is 18. The summed E-state index contributed by atoms with van der Waals surface area (Å²) in [7, 11) is 17.5. The first kappa shape index (κ1) is 101. The predicted octanol–water partition coefficient (Wildman–Crippen LogP) is 23.4. The van der Waals surface area contributed by atoms with Gasteiger partial charge in [0.2, 0.25) is 0 Å². The minimum absolute atomic E-state index is 0.395. The van der Waals surface area contributed by atoms with E-state index in [0.29, 0.717) is 88.2 Å². The second-order valence-electron chi connectivity index (χ2n) is 39.8. The minimum atomic E-state index is 0.395. The molecule has 30 heteroatoms. The summed E-state index contributed by atoms with van der Waals surface area (Å²) in [6.45, 7) is 6.94. The molecule has 5 atom stereocenters. The Bertz CT molecular complexity index is 7310. The summed E-state index contributed by atoms with van der Waals surface area (Å²) in [5, 5.41) is 13.5. The molecule has 4 unspecified atom stereocenters. The molecule has 754 valence electrons. The quantitative estimate of drug-likeness (QED) is 0.0222. The van der Waals surface area contributed by atoms with E-state index in [9.17, 15) is 0 Å². The van der Waals surface area contributed by atoms with Crippen molar-refractivity contribution in [2.45, 2.75) is 138 Å². The molecule has 27 nitrogen and oxygen atoms in total. The number of hydrogen-bond donors (Lipinski definition) is 12. The lowest BCUT2D eigenvalue weighted by atomic mass is 9.81. The second kappa shape index (κ2) is 46.5. The van der Waals surface area contributed by atoms with Gasteiger partial charge in [-0.05, 0) is 410 Å². The number of nitrogens with two attached hydrogens (primary N) is 6. The van der Waals surface area contributed by atoms with Crippen molar-refractivity contribution in [3.8, 4) is 0 Å². The first-order chi connectivity index (χ1) is 71.0. The van der Waals surface area contributed by atoms with Crippen molar-refractivity contribution in [1.82, 2.24) is 59.3 Å². The minimum Gasteiger partial charge on any atom is -0.461 e. The van der Waals surface area contributed by atoms with E-state index in [1.54, 1.807) is 52.8 Å². The molecule has 6 aromatic carbocycles. The van der Waals surface area contributed by atoms with Crippen LogP contribution in [-0.4, -0.2) is 214 Å². The van der Waals surface area contributed by atoms with E-state index in [1.165, 1.54) is 173 Å². The van der Waals surface area contributed by atoms with Crippen molar-refractivity contribution in [2.75, 3.05) is 95.6 Å². The van der Waals surface area contributed by atoms with Gasteiger partial charge in [0.25, 0.3) is 0 Å². The maximum absolute atomic E-state index is 6.16. The Morgan fingerprint density at radius 3 is 1.01 bits per heavy atom. The molecule has 18 N–H and O–H groups in total. The van der Waals surface area contributed by atoms with Crippen LogP contribution in [0.5, 0.6) is 0 Å². The number of aromatic nitrogens is 6. The summed E-state index contributed by atoms with van der Waals surface area (Å²) in [5.74, 6) is 6.52. The smallest absolute Gasteiger partial charge is 0.168 e. The average Bonchev–Trinajstić information content (AvgIpc) is 1.66. The molecule has 1 saturated carbocycles. The number of aliphatic imine (C=N–C) groups is 6. The van der Waals surface area contributed by atoms with Crippen molar-refractivity contribution < 1.29 is 13.3 Å². The number of thiophene rings is 3. The summed E-state index contributed by atoms with van der Waals surface area (Å²) >= 11 is 4.84. The molecule has 5 fully saturated rings. The second-order valence-corrected chi connectivity index (χ2v) is 42.7. The van der Waals surface area contributed by atoms with Crippen molar-refractivity contribution in [3.05, 3.63) is 325 Å².